The lowest BCUT2D eigenvalue weighted by Gasteiger charge is -2.37. The van der Waals surface area contributed by atoms with Gasteiger partial charge in [-0.2, -0.15) is 0 Å². The minimum absolute atomic E-state index is 0.0555. The van der Waals surface area contributed by atoms with Gasteiger partial charge in [0.25, 0.3) is 0 Å². The highest BCUT2D eigenvalue weighted by Crippen LogP contribution is 2.25. The molecule has 0 spiro atoms. The molecular formula is C12H13F5N2. The van der Waals surface area contributed by atoms with Gasteiger partial charge in [-0.05, 0) is 6.54 Å². The van der Waals surface area contributed by atoms with E-state index in [0.717, 1.165) is 0 Å². The lowest BCUT2D eigenvalue weighted by atomic mass is 10.1. The molecule has 1 aromatic rings. The van der Waals surface area contributed by atoms with Crippen LogP contribution in [0.3, 0.4) is 0 Å². The summed E-state index contributed by atoms with van der Waals surface area (Å²) in [5, 5.41) is 2.99. The third-order valence-electron chi connectivity index (χ3n) is 3.34. The van der Waals surface area contributed by atoms with Crippen LogP contribution < -0.4 is 5.32 Å². The molecule has 1 aromatic carbocycles. The maximum Gasteiger partial charge on any atom is 0.200 e. The van der Waals surface area contributed by atoms with Crippen LogP contribution in [0.2, 0.25) is 0 Å². The summed E-state index contributed by atoms with van der Waals surface area (Å²) in [6.45, 7) is 3.22. The molecule has 0 saturated carbocycles. The van der Waals surface area contributed by atoms with Gasteiger partial charge in [0.15, 0.2) is 23.3 Å². The molecule has 2 rings (SSSR count). The van der Waals surface area contributed by atoms with E-state index in [9.17, 15) is 22.0 Å². The van der Waals surface area contributed by atoms with Crippen LogP contribution in [-0.4, -0.2) is 30.6 Å². The lowest BCUT2D eigenvalue weighted by Crippen LogP contribution is -2.56. The molecule has 0 radical (unpaired) electrons. The number of hydrogen-bond donors (Lipinski definition) is 1. The van der Waals surface area contributed by atoms with Gasteiger partial charge in [0.05, 0.1) is 0 Å². The van der Waals surface area contributed by atoms with E-state index < -0.39 is 34.6 Å². The molecule has 0 unspecified atom stereocenters. The molecule has 1 saturated heterocycles. The normalized spacial score (nSPS) is 15.9. The molecule has 1 fully saturated rings. The molecule has 0 bridgehead atoms. The standard InChI is InChI=1S/C12H13F5N2/c1-2-19(6-3-18-4-6)5-7-8(13)10(15)12(17)11(16)9(7)14/h6,18H,2-5H2,1H3. The molecule has 0 aliphatic carbocycles. The zero-order valence-electron chi connectivity index (χ0n) is 10.2. The topological polar surface area (TPSA) is 15.3 Å². The quantitative estimate of drug-likeness (QED) is 0.516. The fourth-order valence-electron chi connectivity index (χ4n) is 2.02. The molecule has 1 aliphatic rings. The Morgan fingerprint density at radius 2 is 1.42 bits per heavy atom. The summed E-state index contributed by atoms with van der Waals surface area (Å²) in [4.78, 5) is 1.68. The summed E-state index contributed by atoms with van der Waals surface area (Å²) in [6.07, 6.45) is 0. The highest BCUT2D eigenvalue weighted by atomic mass is 19.2. The third-order valence-corrected chi connectivity index (χ3v) is 3.34. The molecule has 1 aliphatic heterocycles. The number of halogens is 5. The first-order valence-electron chi connectivity index (χ1n) is 5.92. The van der Waals surface area contributed by atoms with Crippen molar-refractivity contribution in [2.24, 2.45) is 0 Å². The van der Waals surface area contributed by atoms with Gasteiger partial charge in [-0.3, -0.25) is 4.90 Å². The maximum absolute atomic E-state index is 13.5. The molecule has 0 amide bonds. The van der Waals surface area contributed by atoms with Gasteiger partial charge >= 0.3 is 0 Å². The van der Waals surface area contributed by atoms with Gasteiger partial charge in [-0.15, -0.1) is 0 Å². The van der Waals surface area contributed by atoms with Gasteiger partial charge in [0, 0.05) is 31.2 Å². The Bertz CT molecular complexity index is 458. The van der Waals surface area contributed by atoms with E-state index in [1.54, 1.807) is 11.8 Å². The van der Waals surface area contributed by atoms with Crippen LogP contribution in [0, 0.1) is 29.1 Å². The number of nitrogens with zero attached hydrogens (tertiary/aromatic N) is 1. The van der Waals surface area contributed by atoms with Gasteiger partial charge in [-0.1, -0.05) is 6.92 Å². The summed E-state index contributed by atoms with van der Waals surface area (Å²) in [6, 6.07) is 0.0555. The van der Waals surface area contributed by atoms with E-state index in [-0.39, 0.29) is 12.6 Å². The van der Waals surface area contributed by atoms with E-state index in [1.165, 1.54) is 0 Å². The summed E-state index contributed by atoms with van der Waals surface area (Å²) in [5.74, 6) is -9.40. The monoisotopic (exact) mass is 280 g/mol. The highest BCUT2D eigenvalue weighted by molar-refractivity contribution is 5.24. The second-order valence-electron chi connectivity index (χ2n) is 4.42. The molecule has 2 nitrogen and oxygen atoms in total. The summed E-state index contributed by atoms with van der Waals surface area (Å²) in [5.41, 5.74) is -0.773. The maximum atomic E-state index is 13.5. The molecule has 1 N–H and O–H groups in total. The van der Waals surface area contributed by atoms with Crippen LogP contribution in [0.15, 0.2) is 0 Å². The first-order valence-corrected chi connectivity index (χ1v) is 5.92. The highest BCUT2D eigenvalue weighted by Gasteiger charge is 2.29. The molecule has 1 heterocycles. The Hall–Kier alpha value is -1.21. The van der Waals surface area contributed by atoms with Gasteiger partial charge < -0.3 is 5.32 Å². The second kappa shape index (κ2) is 5.42. The summed E-state index contributed by atoms with van der Waals surface area (Å²) < 4.78 is 66.1. The largest absolute Gasteiger partial charge is 0.314 e. The molecule has 19 heavy (non-hydrogen) atoms. The van der Waals surface area contributed by atoms with Gasteiger partial charge in [-0.25, -0.2) is 22.0 Å². The van der Waals surface area contributed by atoms with Crippen LogP contribution in [0.5, 0.6) is 0 Å². The van der Waals surface area contributed by atoms with Gasteiger partial charge in [0.1, 0.15) is 0 Å². The molecular weight excluding hydrogens is 267 g/mol. The van der Waals surface area contributed by atoms with Crippen LogP contribution in [0.25, 0.3) is 0 Å². The van der Waals surface area contributed by atoms with Crippen LogP contribution >= 0.6 is 0 Å². The lowest BCUT2D eigenvalue weighted by molar-refractivity contribution is 0.140. The number of hydrogen-bond acceptors (Lipinski definition) is 2. The molecule has 0 aromatic heterocycles. The first kappa shape index (κ1) is 14.2. The predicted molar refractivity (Wildman–Crippen MR) is 59.0 cm³/mol. The van der Waals surface area contributed by atoms with Crippen LogP contribution in [0.1, 0.15) is 12.5 Å². The smallest absolute Gasteiger partial charge is 0.200 e. The third kappa shape index (κ3) is 2.44. The van der Waals surface area contributed by atoms with Crippen molar-refractivity contribution in [3.05, 3.63) is 34.6 Å². The Morgan fingerprint density at radius 1 is 0.947 bits per heavy atom. The SMILES string of the molecule is CCN(Cc1c(F)c(F)c(F)c(F)c1F)C1CNC1. The van der Waals surface area contributed by atoms with Crippen molar-refractivity contribution in [1.82, 2.24) is 10.2 Å². The number of likely N-dealkylation sites (N-methyl/N-ethyl adjacent to an activating group) is 1. The minimum atomic E-state index is -2.12. The van der Waals surface area contributed by atoms with Crippen molar-refractivity contribution in [3.8, 4) is 0 Å². The summed E-state index contributed by atoms with van der Waals surface area (Å²) in [7, 11) is 0. The molecule has 7 heteroatoms. The van der Waals surface area contributed by atoms with E-state index >= 15 is 0 Å². The van der Waals surface area contributed by atoms with Gasteiger partial charge in [0.2, 0.25) is 5.82 Å². The van der Waals surface area contributed by atoms with Crippen molar-refractivity contribution in [3.63, 3.8) is 0 Å². The van der Waals surface area contributed by atoms with Crippen LogP contribution in [0.4, 0.5) is 22.0 Å². The Kier molecular flexibility index (Phi) is 4.05. The Labute approximate surface area is 107 Å². The predicted octanol–water partition coefficient (Wildman–Crippen LogP) is 2.18. The van der Waals surface area contributed by atoms with Crippen molar-refractivity contribution < 1.29 is 22.0 Å². The fraction of sp³-hybridized carbons (Fsp3) is 0.500. The Morgan fingerprint density at radius 3 is 1.79 bits per heavy atom. The van der Waals surface area contributed by atoms with E-state index in [0.29, 0.717) is 19.6 Å². The zero-order valence-corrected chi connectivity index (χ0v) is 10.2. The first-order chi connectivity index (χ1) is 8.97. The molecule has 106 valence electrons. The van der Waals surface area contributed by atoms with Crippen molar-refractivity contribution in [1.29, 1.82) is 0 Å². The van der Waals surface area contributed by atoms with Crippen molar-refractivity contribution in [2.75, 3.05) is 19.6 Å². The van der Waals surface area contributed by atoms with E-state index in [4.69, 9.17) is 0 Å². The fourth-order valence-corrected chi connectivity index (χ4v) is 2.02. The average Bonchev–Trinajstić information content (AvgIpc) is 2.35. The number of nitrogens with one attached hydrogen (secondary N) is 1. The van der Waals surface area contributed by atoms with Crippen LogP contribution in [-0.2, 0) is 6.54 Å². The van der Waals surface area contributed by atoms with E-state index in [1.807, 2.05) is 0 Å². The van der Waals surface area contributed by atoms with Crippen molar-refractivity contribution >= 4 is 0 Å². The average molecular weight is 280 g/mol. The second-order valence-corrected chi connectivity index (χ2v) is 4.42. The van der Waals surface area contributed by atoms with E-state index in [2.05, 4.69) is 5.32 Å². The number of benzene rings is 1. The van der Waals surface area contributed by atoms with Crippen molar-refractivity contribution in [2.45, 2.75) is 19.5 Å². The summed E-state index contributed by atoms with van der Waals surface area (Å²) >= 11 is 0. The minimum Gasteiger partial charge on any atom is -0.314 e. The Balaban J connectivity index is 2.33. The molecule has 0 atom stereocenters. The zero-order chi connectivity index (χ0) is 14.2. The number of rotatable bonds is 4.